The molecule has 2 N–H and O–H groups in total. The Morgan fingerprint density at radius 1 is 1.45 bits per heavy atom. The van der Waals surface area contributed by atoms with E-state index in [2.05, 4.69) is 10.6 Å². The predicted molar refractivity (Wildman–Crippen MR) is 89.6 cm³/mol. The minimum Gasteiger partial charge on any atom is -0.321 e. The Kier molecular flexibility index (Phi) is 4.97. The van der Waals surface area contributed by atoms with Crippen molar-refractivity contribution in [3.8, 4) is 0 Å². The van der Waals surface area contributed by atoms with Crippen LogP contribution in [0, 0.1) is 18.3 Å². The van der Waals surface area contributed by atoms with Crippen LogP contribution in [-0.2, 0) is 11.8 Å². The highest BCUT2D eigenvalue weighted by molar-refractivity contribution is 5.96. The van der Waals surface area contributed by atoms with Crippen molar-refractivity contribution in [1.82, 2.24) is 9.88 Å². The summed E-state index contributed by atoms with van der Waals surface area (Å²) >= 11 is 0. The van der Waals surface area contributed by atoms with Crippen LogP contribution >= 0.6 is 12.4 Å². The Hall–Kier alpha value is -1.33. The van der Waals surface area contributed by atoms with E-state index in [9.17, 15) is 9.59 Å². The maximum absolute atomic E-state index is 12.8. The molecule has 0 bridgehead atoms. The molecule has 1 saturated carbocycles. The van der Waals surface area contributed by atoms with E-state index in [1.807, 2.05) is 6.92 Å². The van der Waals surface area contributed by atoms with E-state index in [-0.39, 0.29) is 29.3 Å². The second-order valence-electron chi connectivity index (χ2n) is 6.53. The number of nitrogens with zero attached hydrogens (tertiary/aromatic N) is 1. The summed E-state index contributed by atoms with van der Waals surface area (Å²) in [7, 11) is 1.71. The number of carbonyl (C=O) groups excluding carboxylic acids is 1. The Bertz CT molecular complexity index is 628. The summed E-state index contributed by atoms with van der Waals surface area (Å²) < 4.78 is 1.52. The van der Waals surface area contributed by atoms with Gasteiger partial charge < -0.3 is 15.2 Å². The maximum Gasteiger partial charge on any atom is 0.274 e. The number of aryl methyl sites for hydroxylation is 2. The average molecular weight is 326 g/mol. The predicted octanol–water partition coefficient (Wildman–Crippen LogP) is 1.83. The molecule has 1 aliphatic carbocycles. The monoisotopic (exact) mass is 325 g/mol. The molecule has 1 aromatic rings. The lowest BCUT2D eigenvalue weighted by Crippen LogP contribution is -2.45. The third-order valence-corrected chi connectivity index (χ3v) is 5.06. The zero-order valence-electron chi connectivity index (χ0n) is 13.1. The number of hydrogen-bond donors (Lipinski definition) is 2. The van der Waals surface area contributed by atoms with Gasteiger partial charge in [0, 0.05) is 19.8 Å². The fourth-order valence-electron chi connectivity index (χ4n) is 3.91. The largest absolute Gasteiger partial charge is 0.321 e. The number of rotatable bonds is 2. The van der Waals surface area contributed by atoms with Crippen LogP contribution < -0.4 is 16.2 Å². The van der Waals surface area contributed by atoms with Gasteiger partial charge in [0.2, 0.25) is 5.91 Å². The van der Waals surface area contributed by atoms with Gasteiger partial charge >= 0.3 is 0 Å². The number of aromatic nitrogens is 1. The summed E-state index contributed by atoms with van der Waals surface area (Å²) in [5, 5.41) is 6.28. The Morgan fingerprint density at radius 2 is 2.23 bits per heavy atom. The normalized spacial score (nSPS) is 26.9. The van der Waals surface area contributed by atoms with Crippen molar-refractivity contribution in [3.63, 3.8) is 0 Å². The van der Waals surface area contributed by atoms with Gasteiger partial charge in [-0.05, 0) is 43.9 Å². The third-order valence-electron chi connectivity index (χ3n) is 5.06. The molecule has 2 aliphatic rings. The summed E-state index contributed by atoms with van der Waals surface area (Å²) in [5.74, 6) is 0.416. The number of hydrogen-bond acceptors (Lipinski definition) is 3. The van der Waals surface area contributed by atoms with Gasteiger partial charge in [0.1, 0.15) is 5.69 Å². The molecule has 1 aromatic heterocycles. The topological polar surface area (TPSA) is 63.1 Å². The van der Waals surface area contributed by atoms with Gasteiger partial charge in [0.25, 0.3) is 5.56 Å². The van der Waals surface area contributed by atoms with Crippen molar-refractivity contribution in [1.29, 1.82) is 0 Å². The maximum atomic E-state index is 12.8. The minimum absolute atomic E-state index is 0. The van der Waals surface area contributed by atoms with Gasteiger partial charge in [-0.15, -0.1) is 12.4 Å². The summed E-state index contributed by atoms with van der Waals surface area (Å²) in [6.07, 6.45) is 6.09. The molecule has 0 aromatic carbocycles. The number of nitrogens with one attached hydrogen (secondary N) is 2. The van der Waals surface area contributed by atoms with E-state index in [0.717, 1.165) is 37.9 Å². The molecule has 2 heterocycles. The number of amides is 1. The van der Waals surface area contributed by atoms with Gasteiger partial charge in [-0.25, -0.2) is 0 Å². The number of carbonyl (C=O) groups is 1. The molecule has 2 fully saturated rings. The van der Waals surface area contributed by atoms with Crippen molar-refractivity contribution in [3.05, 3.63) is 28.2 Å². The molecule has 0 unspecified atom stereocenters. The molecule has 0 spiro atoms. The van der Waals surface area contributed by atoms with E-state index in [0.29, 0.717) is 11.6 Å². The average Bonchev–Trinajstić information content (AvgIpc) is 2.89. The zero-order valence-corrected chi connectivity index (χ0v) is 14.0. The molecule has 1 aliphatic heterocycles. The van der Waals surface area contributed by atoms with Crippen LogP contribution in [0.5, 0.6) is 0 Å². The Labute approximate surface area is 136 Å². The van der Waals surface area contributed by atoms with Crippen LogP contribution in [0.15, 0.2) is 17.1 Å². The van der Waals surface area contributed by atoms with Crippen LogP contribution in [0.25, 0.3) is 0 Å². The van der Waals surface area contributed by atoms with Crippen molar-refractivity contribution in [2.24, 2.45) is 18.4 Å². The van der Waals surface area contributed by atoms with Crippen molar-refractivity contribution >= 4 is 24.0 Å². The van der Waals surface area contributed by atoms with Crippen molar-refractivity contribution < 1.29 is 4.79 Å². The van der Waals surface area contributed by atoms with E-state index in [4.69, 9.17) is 0 Å². The van der Waals surface area contributed by atoms with Crippen LogP contribution in [0.4, 0.5) is 5.69 Å². The first-order valence-electron chi connectivity index (χ1n) is 7.72. The van der Waals surface area contributed by atoms with E-state index < -0.39 is 0 Å². The highest BCUT2D eigenvalue weighted by atomic mass is 35.5. The highest BCUT2D eigenvalue weighted by Crippen LogP contribution is 2.44. The number of halogens is 1. The van der Waals surface area contributed by atoms with Crippen LogP contribution in [-0.4, -0.2) is 23.6 Å². The summed E-state index contributed by atoms with van der Waals surface area (Å²) in [4.78, 5) is 25.0. The lowest BCUT2D eigenvalue weighted by atomic mass is 9.67. The van der Waals surface area contributed by atoms with Gasteiger partial charge in [0.05, 0.1) is 5.41 Å². The van der Waals surface area contributed by atoms with Gasteiger partial charge in [-0.3, -0.25) is 9.59 Å². The standard InChI is InChI=1S/C16H23N3O2.ClH/c1-11-7-13(14(20)19(2)9-11)18-15(21)16-6-4-3-5-12(16)8-17-10-16;/h7,9,12,17H,3-6,8,10H2,1-2H3,(H,18,21);1H/t12-,16+;/m0./s1. The molecule has 3 rings (SSSR count). The minimum atomic E-state index is -0.326. The smallest absolute Gasteiger partial charge is 0.274 e. The number of fused-ring (bicyclic) bond motifs is 1. The van der Waals surface area contributed by atoms with E-state index in [1.165, 1.54) is 11.0 Å². The lowest BCUT2D eigenvalue weighted by molar-refractivity contribution is -0.128. The number of anilines is 1. The SMILES string of the molecule is Cc1cc(NC(=O)[C@@]23CCCC[C@H]2CNC3)c(=O)n(C)c1.Cl. The summed E-state index contributed by atoms with van der Waals surface area (Å²) in [6.45, 7) is 3.57. The zero-order chi connectivity index (χ0) is 15.0. The van der Waals surface area contributed by atoms with Crippen LogP contribution in [0.2, 0.25) is 0 Å². The molecular weight excluding hydrogens is 302 g/mol. The molecule has 5 nitrogen and oxygen atoms in total. The third kappa shape index (κ3) is 2.79. The Balaban J connectivity index is 0.00000176. The summed E-state index contributed by atoms with van der Waals surface area (Å²) in [6, 6.07) is 1.76. The van der Waals surface area contributed by atoms with Gasteiger partial charge in [0.15, 0.2) is 0 Å². The lowest BCUT2D eigenvalue weighted by Gasteiger charge is -2.37. The molecule has 1 amide bonds. The van der Waals surface area contributed by atoms with Gasteiger partial charge in [-0.2, -0.15) is 0 Å². The first-order valence-corrected chi connectivity index (χ1v) is 7.72. The first kappa shape index (κ1) is 17.0. The quantitative estimate of drug-likeness (QED) is 0.872. The van der Waals surface area contributed by atoms with Gasteiger partial charge in [-0.1, -0.05) is 12.8 Å². The number of pyridine rings is 1. The molecular formula is C16H24ClN3O2. The molecule has 122 valence electrons. The molecule has 22 heavy (non-hydrogen) atoms. The van der Waals surface area contributed by atoms with E-state index in [1.54, 1.807) is 19.3 Å². The van der Waals surface area contributed by atoms with E-state index >= 15 is 0 Å². The molecule has 1 saturated heterocycles. The fraction of sp³-hybridized carbons (Fsp3) is 0.625. The molecule has 6 heteroatoms. The molecule has 2 atom stereocenters. The van der Waals surface area contributed by atoms with Crippen molar-refractivity contribution in [2.75, 3.05) is 18.4 Å². The fourth-order valence-corrected chi connectivity index (χ4v) is 3.91. The second kappa shape index (κ2) is 6.42. The van der Waals surface area contributed by atoms with Crippen LogP contribution in [0.3, 0.4) is 0 Å². The summed E-state index contributed by atoms with van der Waals surface area (Å²) in [5.41, 5.74) is 0.888. The Morgan fingerprint density at radius 3 is 3.00 bits per heavy atom. The highest BCUT2D eigenvalue weighted by Gasteiger charge is 2.49. The van der Waals surface area contributed by atoms with Crippen molar-refractivity contribution in [2.45, 2.75) is 32.6 Å². The van der Waals surface area contributed by atoms with Crippen LogP contribution in [0.1, 0.15) is 31.2 Å². The second-order valence-corrected chi connectivity index (χ2v) is 6.53. The first-order chi connectivity index (χ1) is 10.0. The molecule has 0 radical (unpaired) electrons.